The Hall–Kier alpha value is -1.83. The van der Waals surface area contributed by atoms with E-state index in [0.29, 0.717) is 35.7 Å². The molecule has 0 unspecified atom stereocenters. The van der Waals surface area contributed by atoms with Gasteiger partial charge in [0.15, 0.2) is 0 Å². The average Bonchev–Trinajstić information content (AvgIpc) is 3.31. The largest absolute Gasteiger partial charge is 0.496 e. The summed E-state index contributed by atoms with van der Waals surface area (Å²) >= 11 is 12.3. The number of nitrogens with zero attached hydrogens (tertiary/aromatic N) is 1. The minimum atomic E-state index is -0.614. The predicted octanol–water partition coefficient (Wildman–Crippen LogP) is 6.03. The molecule has 1 fully saturated rings. The van der Waals surface area contributed by atoms with Gasteiger partial charge >= 0.3 is 5.97 Å². The maximum Gasteiger partial charge on any atom is 0.306 e. The fourth-order valence-electron chi connectivity index (χ4n) is 5.09. The van der Waals surface area contributed by atoms with E-state index in [1.807, 2.05) is 36.4 Å². The lowest BCUT2D eigenvalue weighted by molar-refractivity contribution is -0.143. The smallest absolute Gasteiger partial charge is 0.306 e. The Morgan fingerprint density at radius 3 is 2.70 bits per heavy atom. The Balaban J connectivity index is 1.60. The molecule has 0 amide bonds. The van der Waals surface area contributed by atoms with Crippen LogP contribution >= 0.6 is 23.2 Å². The number of benzene rings is 2. The summed E-state index contributed by atoms with van der Waals surface area (Å²) in [4.78, 5) is 14.3. The highest BCUT2D eigenvalue weighted by atomic mass is 35.5. The summed E-state index contributed by atoms with van der Waals surface area (Å²) in [6.45, 7) is 5.95. The molecule has 0 saturated carbocycles. The third-order valence-electron chi connectivity index (χ3n) is 6.88. The molecule has 37 heavy (non-hydrogen) atoms. The number of esters is 1. The van der Waals surface area contributed by atoms with Crippen LogP contribution < -0.4 is 4.74 Å². The van der Waals surface area contributed by atoms with Gasteiger partial charge in [-0.15, -0.1) is 0 Å². The van der Waals surface area contributed by atoms with E-state index in [0.717, 1.165) is 54.7 Å². The van der Waals surface area contributed by atoms with Gasteiger partial charge in [-0.25, -0.2) is 0 Å². The quantitative estimate of drug-likeness (QED) is 0.289. The molecule has 6 nitrogen and oxygen atoms in total. The zero-order chi connectivity index (χ0) is 26.8. The third kappa shape index (κ3) is 8.59. The zero-order valence-electron chi connectivity index (χ0n) is 22.1. The van der Waals surface area contributed by atoms with Gasteiger partial charge in [-0.05, 0) is 74.9 Å². The molecule has 3 atom stereocenters. The second-order valence-electron chi connectivity index (χ2n) is 9.46. The van der Waals surface area contributed by atoms with Crippen molar-refractivity contribution in [1.82, 2.24) is 4.90 Å². The standard InChI is InChI=1S/C29H39Cl2NO5/c1-4-27(23-9-6-10-28(35-3)24(23)12-14-29(34)36-5-2)37-19-22(33)18-32-15-7-8-21(32)16-20-11-13-25(30)26(31)17-20/h6,9-11,13,17,21-22,27,33H,4-5,7-8,12,14-16,18-19H2,1-3H3/t21-,22+,27+/m0/s1. The van der Waals surface area contributed by atoms with Crippen molar-refractivity contribution in [3.05, 3.63) is 63.1 Å². The van der Waals surface area contributed by atoms with Gasteiger partial charge in [-0.3, -0.25) is 9.69 Å². The molecule has 2 aromatic carbocycles. The highest BCUT2D eigenvalue weighted by molar-refractivity contribution is 6.42. The van der Waals surface area contributed by atoms with E-state index in [1.54, 1.807) is 14.0 Å². The Bertz CT molecular complexity index is 1020. The minimum absolute atomic E-state index is 0.215. The molecule has 1 saturated heterocycles. The van der Waals surface area contributed by atoms with Gasteiger partial charge in [0.1, 0.15) is 5.75 Å². The molecular formula is C29H39Cl2NO5. The number of ether oxygens (including phenoxy) is 3. The van der Waals surface area contributed by atoms with E-state index in [4.69, 9.17) is 37.4 Å². The Morgan fingerprint density at radius 1 is 1.19 bits per heavy atom. The lowest BCUT2D eigenvalue weighted by Gasteiger charge is -2.28. The number of β-amino-alcohol motifs (C(OH)–C–C–N with tert-alkyl or cyclic N) is 1. The summed E-state index contributed by atoms with van der Waals surface area (Å²) in [7, 11) is 1.63. The molecule has 0 aromatic heterocycles. The van der Waals surface area contributed by atoms with Crippen molar-refractivity contribution in [2.24, 2.45) is 0 Å². The van der Waals surface area contributed by atoms with Crippen LogP contribution in [0.2, 0.25) is 10.0 Å². The number of halogens is 2. The van der Waals surface area contributed by atoms with E-state index in [-0.39, 0.29) is 25.1 Å². The molecule has 1 N–H and O–H groups in total. The van der Waals surface area contributed by atoms with Crippen LogP contribution in [0.15, 0.2) is 36.4 Å². The van der Waals surface area contributed by atoms with E-state index < -0.39 is 6.10 Å². The first-order chi connectivity index (χ1) is 17.9. The van der Waals surface area contributed by atoms with Crippen LogP contribution in [0.4, 0.5) is 0 Å². The van der Waals surface area contributed by atoms with Crippen LogP contribution in [-0.2, 0) is 27.1 Å². The molecule has 1 aliphatic rings. The summed E-state index contributed by atoms with van der Waals surface area (Å²) in [5.74, 6) is 0.497. The highest BCUT2D eigenvalue weighted by Crippen LogP contribution is 2.32. The van der Waals surface area contributed by atoms with E-state index in [9.17, 15) is 9.90 Å². The number of carbonyl (C=O) groups is 1. The van der Waals surface area contributed by atoms with Crippen LogP contribution in [0.1, 0.15) is 62.3 Å². The maximum absolute atomic E-state index is 12.0. The molecular weight excluding hydrogens is 513 g/mol. The van der Waals surface area contributed by atoms with Crippen molar-refractivity contribution >= 4 is 29.2 Å². The van der Waals surface area contributed by atoms with Gasteiger partial charge in [0.2, 0.25) is 0 Å². The number of methoxy groups -OCH3 is 1. The monoisotopic (exact) mass is 551 g/mol. The van der Waals surface area contributed by atoms with Crippen molar-refractivity contribution in [2.45, 2.75) is 70.6 Å². The molecule has 0 spiro atoms. The molecule has 3 rings (SSSR count). The number of likely N-dealkylation sites (tertiary alicyclic amines) is 1. The van der Waals surface area contributed by atoms with Crippen LogP contribution in [-0.4, -0.2) is 61.5 Å². The number of rotatable bonds is 14. The van der Waals surface area contributed by atoms with Crippen molar-refractivity contribution in [3.63, 3.8) is 0 Å². The molecule has 0 radical (unpaired) electrons. The average molecular weight is 553 g/mol. The number of hydrogen-bond donors (Lipinski definition) is 1. The van der Waals surface area contributed by atoms with Crippen molar-refractivity contribution in [2.75, 3.05) is 33.4 Å². The summed E-state index contributed by atoms with van der Waals surface area (Å²) < 4.78 is 16.9. The topological polar surface area (TPSA) is 68.2 Å². The molecule has 2 aromatic rings. The van der Waals surface area contributed by atoms with E-state index in [2.05, 4.69) is 11.8 Å². The molecule has 1 aliphatic heterocycles. The number of aliphatic hydroxyl groups excluding tert-OH is 1. The lowest BCUT2D eigenvalue weighted by atomic mass is 9.96. The van der Waals surface area contributed by atoms with Crippen molar-refractivity contribution in [3.8, 4) is 5.75 Å². The van der Waals surface area contributed by atoms with Crippen molar-refractivity contribution < 1.29 is 24.1 Å². The number of hydrogen-bond acceptors (Lipinski definition) is 6. The molecule has 0 aliphatic carbocycles. The third-order valence-corrected chi connectivity index (χ3v) is 7.62. The Morgan fingerprint density at radius 2 is 2.00 bits per heavy atom. The van der Waals surface area contributed by atoms with Gasteiger partial charge in [-0.1, -0.05) is 48.3 Å². The Labute approximate surface area is 230 Å². The van der Waals surface area contributed by atoms with Gasteiger partial charge in [0, 0.05) is 24.6 Å². The zero-order valence-corrected chi connectivity index (χ0v) is 23.6. The summed E-state index contributed by atoms with van der Waals surface area (Å²) in [5.41, 5.74) is 3.08. The van der Waals surface area contributed by atoms with Gasteiger partial charge in [0.05, 0.1) is 42.6 Å². The van der Waals surface area contributed by atoms with Gasteiger partial charge in [-0.2, -0.15) is 0 Å². The molecule has 8 heteroatoms. The molecule has 1 heterocycles. The number of aliphatic hydroxyl groups is 1. The van der Waals surface area contributed by atoms with Crippen LogP contribution in [0.3, 0.4) is 0 Å². The van der Waals surface area contributed by atoms with Crippen LogP contribution in [0.5, 0.6) is 5.75 Å². The van der Waals surface area contributed by atoms with Crippen LogP contribution in [0.25, 0.3) is 0 Å². The van der Waals surface area contributed by atoms with Gasteiger partial charge < -0.3 is 19.3 Å². The summed E-state index contributed by atoms with van der Waals surface area (Å²) in [6.07, 6.45) is 3.74. The fourth-order valence-corrected chi connectivity index (χ4v) is 5.41. The first kappa shape index (κ1) is 29.7. The number of carbonyl (C=O) groups excluding carboxylic acids is 1. The Kier molecular flexibility index (Phi) is 12.0. The SMILES string of the molecule is CCOC(=O)CCc1c(OC)cccc1[C@@H](CC)OC[C@H](O)CN1CCC[C@H]1Cc1ccc(Cl)c(Cl)c1. The second-order valence-corrected chi connectivity index (χ2v) is 10.3. The van der Waals surface area contributed by atoms with E-state index >= 15 is 0 Å². The van der Waals surface area contributed by atoms with E-state index in [1.165, 1.54) is 0 Å². The first-order valence-corrected chi connectivity index (χ1v) is 13.9. The second kappa shape index (κ2) is 14.9. The maximum atomic E-state index is 12.0. The first-order valence-electron chi connectivity index (χ1n) is 13.1. The molecule has 0 bridgehead atoms. The van der Waals surface area contributed by atoms with Crippen LogP contribution in [0, 0.1) is 0 Å². The lowest BCUT2D eigenvalue weighted by Crippen LogP contribution is -2.39. The minimum Gasteiger partial charge on any atom is -0.496 e. The summed E-state index contributed by atoms with van der Waals surface area (Å²) in [6, 6.07) is 12.0. The highest BCUT2D eigenvalue weighted by Gasteiger charge is 2.27. The summed E-state index contributed by atoms with van der Waals surface area (Å²) in [5, 5.41) is 12.0. The molecule has 204 valence electrons. The normalized spacial score (nSPS) is 17.5. The van der Waals surface area contributed by atoms with Crippen molar-refractivity contribution in [1.29, 1.82) is 0 Å². The predicted molar refractivity (Wildman–Crippen MR) is 148 cm³/mol. The van der Waals surface area contributed by atoms with Gasteiger partial charge in [0.25, 0.3) is 0 Å². The fraction of sp³-hybridized carbons (Fsp3) is 0.552.